The standard InChI is InChI=1S/C7H5Br2F.C7H7F/c1-4-2-3-5(10)7(9)6(4)8;8-6-7-4-2-1-3-5-7/h2-3H,1H3;1-5H,6H2. The maximum atomic E-state index is 12.7. The van der Waals surface area contributed by atoms with Gasteiger partial charge in [-0.2, -0.15) is 0 Å². The second-order valence-electron chi connectivity index (χ2n) is 3.61. The van der Waals surface area contributed by atoms with E-state index in [9.17, 15) is 8.78 Å². The molecule has 0 aliphatic heterocycles. The average molecular weight is 378 g/mol. The SMILES string of the molecule is Cc1ccc(F)c(Br)c1Br.FCc1ccccc1. The molecule has 0 spiro atoms. The quantitative estimate of drug-likeness (QED) is 0.549. The van der Waals surface area contributed by atoms with Gasteiger partial charge in [-0.15, -0.1) is 0 Å². The fourth-order valence-corrected chi connectivity index (χ4v) is 1.96. The van der Waals surface area contributed by atoms with Crippen LogP contribution in [-0.2, 0) is 6.67 Å². The Morgan fingerprint density at radius 3 is 2.00 bits per heavy atom. The third kappa shape index (κ3) is 4.50. The molecular formula is C14H12Br2F2. The smallest absolute Gasteiger partial charge is 0.138 e. The van der Waals surface area contributed by atoms with Crippen molar-refractivity contribution in [2.75, 3.05) is 0 Å². The van der Waals surface area contributed by atoms with Gasteiger partial charge in [0.15, 0.2) is 0 Å². The van der Waals surface area contributed by atoms with Crippen molar-refractivity contribution in [2.45, 2.75) is 13.6 Å². The number of benzene rings is 2. The molecule has 0 fully saturated rings. The van der Waals surface area contributed by atoms with Crippen LogP contribution in [0.5, 0.6) is 0 Å². The molecule has 0 amide bonds. The van der Waals surface area contributed by atoms with E-state index in [0.717, 1.165) is 15.6 Å². The summed E-state index contributed by atoms with van der Waals surface area (Å²) in [5, 5.41) is 0. The minimum atomic E-state index is -0.360. The van der Waals surface area contributed by atoms with Crippen molar-refractivity contribution >= 4 is 31.9 Å². The Labute approximate surface area is 122 Å². The van der Waals surface area contributed by atoms with Crippen molar-refractivity contribution < 1.29 is 8.78 Å². The van der Waals surface area contributed by atoms with Crippen LogP contribution in [0.15, 0.2) is 51.4 Å². The molecule has 4 heteroatoms. The largest absolute Gasteiger partial charge is 0.246 e. The Hall–Kier alpha value is -0.740. The maximum absolute atomic E-state index is 12.7. The summed E-state index contributed by atoms with van der Waals surface area (Å²) in [5.41, 5.74) is 1.76. The number of halogens is 4. The lowest BCUT2D eigenvalue weighted by Gasteiger charge is -2.00. The number of hydrogen-bond donors (Lipinski definition) is 0. The summed E-state index contributed by atoms with van der Waals surface area (Å²) in [7, 11) is 0. The predicted molar refractivity (Wildman–Crippen MR) is 77.8 cm³/mol. The molecule has 96 valence electrons. The first-order chi connectivity index (χ1) is 8.56. The molecular weight excluding hydrogens is 366 g/mol. The molecule has 0 saturated heterocycles. The van der Waals surface area contributed by atoms with Gasteiger partial charge >= 0.3 is 0 Å². The van der Waals surface area contributed by atoms with Crippen molar-refractivity contribution in [3.63, 3.8) is 0 Å². The highest BCUT2D eigenvalue weighted by Gasteiger charge is 2.04. The number of alkyl halides is 1. The van der Waals surface area contributed by atoms with Gasteiger partial charge in [-0.25, -0.2) is 8.78 Å². The summed E-state index contributed by atoms with van der Waals surface area (Å²) in [6.45, 7) is 1.55. The van der Waals surface area contributed by atoms with E-state index in [2.05, 4.69) is 31.9 Å². The van der Waals surface area contributed by atoms with E-state index in [-0.39, 0.29) is 12.5 Å². The predicted octanol–water partition coefficient (Wildman–Crippen LogP) is 5.82. The van der Waals surface area contributed by atoms with Gasteiger partial charge in [0.05, 0.1) is 4.47 Å². The molecule has 0 unspecified atom stereocenters. The monoisotopic (exact) mass is 376 g/mol. The molecule has 2 aromatic carbocycles. The van der Waals surface area contributed by atoms with Crippen molar-refractivity contribution in [2.24, 2.45) is 0 Å². The number of hydrogen-bond acceptors (Lipinski definition) is 0. The Morgan fingerprint density at radius 2 is 1.56 bits per heavy atom. The van der Waals surface area contributed by atoms with E-state index in [4.69, 9.17) is 0 Å². The molecule has 18 heavy (non-hydrogen) atoms. The van der Waals surface area contributed by atoms with Crippen LogP contribution in [0.1, 0.15) is 11.1 Å². The Morgan fingerprint density at radius 1 is 0.944 bits per heavy atom. The Bertz CT molecular complexity index is 472. The van der Waals surface area contributed by atoms with Gasteiger partial charge in [0.2, 0.25) is 0 Å². The van der Waals surface area contributed by atoms with E-state index in [1.807, 2.05) is 25.1 Å². The molecule has 0 radical (unpaired) electrons. The van der Waals surface area contributed by atoms with Crippen LogP contribution in [0.25, 0.3) is 0 Å². The third-order valence-electron chi connectivity index (χ3n) is 2.23. The highest BCUT2D eigenvalue weighted by atomic mass is 79.9. The molecule has 0 aromatic heterocycles. The maximum Gasteiger partial charge on any atom is 0.138 e. The molecule has 2 rings (SSSR count). The van der Waals surface area contributed by atoms with Crippen molar-refractivity contribution in [3.8, 4) is 0 Å². The molecule has 2 aromatic rings. The highest BCUT2D eigenvalue weighted by Crippen LogP contribution is 2.28. The van der Waals surface area contributed by atoms with E-state index in [1.54, 1.807) is 18.2 Å². The van der Waals surface area contributed by atoms with Crippen LogP contribution >= 0.6 is 31.9 Å². The summed E-state index contributed by atoms with van der Waals surface area (Å²) in [5.74, 6) is -0.238. The van der Waals surface area contributed by atoms with E-state index in [1.165, 1.54) is 6.07 Å². The minimum absolute atomic E-state index is 0.238. The lowest BCUT2D eigenvalue weighted by molar-refractivity contribution is 0.485. The van der Waals surface area contributed by atoms with Crippen molar-refractivity contribution in [3.05, 3.63) is 68.4 Å². The summed E-state index contributed by atoms with van der Waals surface area (Å²) < 4.78 is 25.7. The van der Waals surface area contributed by atoms with E-state index < -0.39 is 0 Å². The van der Waals surface area contributed by atoms with Gasteiger partial charge < -0.3 is 0 Å². The first-order valence-corrected chi connectivity index (χ1v) is 6.85. The van der Waals surface area contributed by atoms with Gasteiger partial charge in [0.1, 0.15) is 12.5 Å². The lowest BCUT2D eigenvalue weighted by atomic mass is 10.2. The summed E-state index contributed by atoms with van der Waals surface area (Å²) in [6, 6.07) is 12.2. The average Bonchev–Trinajstić information content (AvgIpc) is 2.42. The topological polar surface area (TPSA) is 0 Å². The van der Waals surface area contributed by atoms with Gasteiger partial charge in [0, 0.05) is 4.47 Å². The number of rotatable bonds is 1. The van der Waals surface area contributed by atoms with Crippen LogP contribution < -0.4 is 0 Å². The fourth-order valence-electron chi connectivity index (χ4n) is 1.19. The van der Waals surface area contributed by atoms with Crippen LogP contribution in [0.3, 0.4) is 0 Å². The van der Waals surface area contributed by atoms with Gasteiger partial charge in [-0.1, -0.05) is 36.4 Å². The van der Waals surface area contributed by atoms with Gasteiger partial charge in [-0.3, -0.25) is 0 Å². The zero-order valence-corrected chi connectivity index (χ0v) is 12.9. The van der Waals surface area contributed by atoms with E-state index >= 15 is 0 Å². The fraction of sp³-hybridized carbons (Fsp3) is 0.143. The molecule has 0 saturated carbocycles. The first kappa shape index (κ1) is 15.3. The summed E-state index contributed by atoms with van der Waals surface area (Å²) in [4.78, 5) is 0. The van der Waals surface area contributed by atoms with Crippen LogP contribution in [0, 0.1) is 12.7 Å². The van der Waals surface area contributed by atoms with E-state index in [0.29, 0.717) is 4.47 Å². The molecule has 0 heterocycles. The van der Waals surface area contributed by atoms with Crippen molar-refractivity contribution in [1.29, 1.82) is 0 Å². The zero-order valence-electron chi connectivity index (χ0n) is 9.76. The van der Waals surface area contributed by atoms with Gasteiger partial charge in [0.25, 0.3) is 0 Å². The molecule has 0 N–H and O–H groups in total. The van der Waals surface area contributed by atoms with Gasteiger partial charge in [-0.05, 0) is 56.0 Å². The molecule has 0 bridgehead atoms. The minimum Gasteiger partial charge on any atom is -0.246 e. The summed E-state index contributed by atoms with van der Waals surface area (Å²) >= 11 is 6.35. The summed E-state index contributed by atoms with van der Waals surface area (Å²) in [6.07, 6.45) is 0. The lowest BCUT2D eigenvalue weighted by Crippen LogP contribution is -1.81. The Balaban J connectivity index is 0.000000184. The van der Waals surface area contributed by atoms with Crippen LogP contribution in [0.2, 0.25) is 0 Å². The normalized spacial score (nSPS) is 9.61. The highest BCUT2D eigenvalue weighted by molar-refractivity contribution is 9.13. The second-order valence-corrected chi connectivity index (χ2v) is 5.20. The molecule has 0 aliphatic carbocycles. The number of aryl methyl sites for hydroxylation is 1. The second kappa shape index (κ2) is 7.64. The molecule has 0 aliphatic rings. The van der Waals surface area contributed by atoms with Crippen molar-refractivity contribution in [1.82, 2.24) is 0 Å². The first-order valence-electron chi connectivity index (χ1n) is 5.26. The zero-order chi connectivity index (χ0) is 13.5. The molecule has 0 atom stereocenters. The Kier molecular flexibility index (Phi) is 6.50. The van der Waals surface area contributed by atoms with Crippen LogP contribution in [0.4, 0.5) is 8.78 Å². The van der Waals surface area contributed by atoms with Crippen LogP contribution in [-0.4, -0.2) is 0 Å². The third-order valence-corrected chi connectivity index (χ3v) is 4.55. The molecule has 0 nitrogen and oxygen atoms in total.